The average molecular weight is 312 g/mol. The number of benzene rings is 2. The molecule has 1 nitrogen and oxygen atoms in total. The van der Waals surface area contributed by atoms with Gasteiger partial charge in [0.25, 0.3) is 0 Å². The first kappa shape index (κ1) is 15.3. The highest BCUT2D eigenvalue weighted by Gasteiger charge is 2.14. The van der Waals surface area contributed by atoms with Crippen LogP contribution in [0.5, 0.6) is 0 Å². The lowest BCUT2D eigenvalue weighted by Gasteiger charge is -2.19. The SMILES string of the molecule is CNC(Cc1ccc(Cl)c(Cl)c1)c1cc(F)ccc1C. The Bertz CT molecular complexity index is 613. The number of nitrogens with one attached hydrogen (secondary N) is 1. The van der Waals surface area contributed by atoms with Gasteiger partial charge < -0.3 is 5.32 Å². The summed E-state index contributed by atoms with van der Waals surface area (Å²) in [5, 5.41) is 4.30. The number of hydrogen-bond donors (Lipinski definition) is 1. The van der Waals surface area contributed by atoms with Crippen LogP contribution in [0, 0.1) is 12.7 Å². The third-order valence-corrected chi connectivity index (χ3v) is 4.13. The summed E-state index contributed by atoms with van der Waals surface area (Å²) in [6.45, 7) is 1.98. The molecule has 0 fully saturated rings. The van der Waals surface area contributed by atoms with E-state index in [1.807, 2.05) is 26.1 Å². The number of halogens is 3. The highest BCUT2D eigenvalue weighted by Crippen LogP contribution is 2.27. The van der Waals surface area contributed by atoms with E-state index in [0.29, 0.717) is 10.0 Å². The number of rotatable bonds is 4. The van der Waals surface area contributed by atoms with E-state index in [-0.39, 0.29) is 11.9 Å². The molecule has 2 rings (SSSR count). The molecule has 0 bridgehead atoms. The van der Waals surface area contributed by atoms with Crippen LogP contribution in [-0.2, 0) is 6.42 Å². The molecule has 106 valence electrons. The van der Waals surface area contributed by atoms with E-state index in [0.717, 1.165) is 23.1 Å². The summed E-state index contributed by atoms with van der Waals surface area (Å²) in [4.78, 5) is 0. The molecule has 0 saturated carbocycles. The Morgan fingerprint density at radius 3 is 2.50 bits per heavy atom. The molecular weight excluding hydrogens is 296 g/mol. The van der Waals surface area contributed by atoms with Crippen LogP contribution in [0.4, 0.5) is 4.39 Å². The predicted molar refractivity (Wildman–Crippen MR) is 83.1 cm³/mol. The fraction of sp³-hybridized carbons (Fsp3) is 0.250. The lowest BCUT2D eigenvalue weighted by molar-refractivity contribution is 0.574. The van der Waals surface area contributed by atoms with Gasteiger partial charge in [0.1, 0.15) is 5.82 Å². The lowest BCUT2D eigenvalue weighted by Crippen LogP contribution is -2.20. The molecule has 0 amide bonds. The molecule has 20 heavy (non-hydrogen) atoms. The van der Waals surface area contributed by atoms with Gasteiger partial charge in [-0.2, -0.15) is 0 Å². The Morgan fingerprint density at radius 1 is 1.10 bits per heavy atom. The quantitative estimate of drug-likeness (QED) is 0.843. The average Bonchev–Trinajstić information content (AvgIpc) is 2.43. The van der Waals surface area contributed by atoms with Crippen molar-refractivity contribution in [3.63, 3.8) is 0 Å². The van der Waals surface area contributed by atoms with Gasteiger partial charge in [0.2, 0.25) is 0 Å². The molecule has 0 aliphatic carbocycles. The maximum absolute atomic E-state index is 13.4. The fourth-order valence-corrected chi connectivity index (χ4v) is 2.58. The molecule has 2 aromatic carbocycles. The van der Waals surface area contributed by atoms with Crippen molar-refractivity contribution >= 4 is 23.2 Å². The first-order chi connectivity index (χ1) is 9.51. The van der Waals surface area contributed by atoms with E-state index in [2.05, 4.69) is 5.32 Å². The van der Waals surface area contributed by atoms with Crippen LogP contribution in [-0.4, -0.2) is 7.05 Å². The number of hydrogen-bond acceptors (Lipinski definition) is 1. The minimum atomic E-state index is -0.222. The van der Waals surface area contributed by atoms with Crippen LogP contribution in [0.25, 0.3) is 0 Å². The van der Waals surface area contributed by atoms with Crippen molar-refractivity contribution in [3.8, 4) is 0 Å². The first-order valence-electron chi connectivity index (χ1n) is 6.38. The molecular formula is C16H16Cl2FN. The summed E-state index contributed by atoms with van der Waals surface area (Å²) in [6, 6.07) is 10.5. The highest BCUT2D eigenvalue weighted by atomic mass is 35.5. The number of likely N-dealkylation sites (N-methyl/N-ethyl adjacent to an activating group) is 1. The monoisotopic (exact) mass is 311 g/mol. The van der Waals surface area contributed by atoms with Gasteiger partial charge >= 0.3 is 0 Å². The standard InChI is InChI=1S/C16H16Cl2FN/c1-10-3-5-12(19)9-13(10)16(20-2)8-11-4-6-14(17)15(18)7-11/h3-7,9,16,20H,8H2,1-2H3. The summed E-state index contributed by atoms with van der Waals surface area (Å²) in [6.07, 6.45) is 0.720. The molecule has 0 aliphatic heterocycles. The van der Waals surface area contributed by atoms with Gasteiger partial charge in [-0.25, -0.2) is 4.39 Å². The van der Waals surface area contributed by atoms with Crippen molar-refractivity contribution < 1.29 is 4.39 Å². The molecule has 1 atom stereocenters. The Balaban J connectivity index is 2.28. The summed E-state index contributed by atoms with van der Waals surface area (Å²) < 4.78 is 13.4. The molecule has 0 aliphatic rings. The van der Waals surface area contributed by atoms with Crippen molar-refractivity contribution in [2.24, 2.45) is 0 Å². The molecule has 1 unspecified atom stereocenters. The van der Waals surface area contributed by atoms with E-state index in [9.17, 15) is 4.39 Å². The molecule has 0 aromatic heterocycles. The smallest absolute Gasteiger partial charge is 0.123 e. The summed E-state index contributed by atoms with van der Waals surface area (Å²) >= 11 is 11.9. The van der Waals surface area contributed by atoms with Crippen molar-refractivity contribution in [2.45, 2.75) is 19.4 Å². The molecule has 2 aromatic rings. The van der Waals surface area contributed by atoms with Crippen LogP contribution in [0.1, 0.15) is 22.7 Å². The van der Waals surface area contributed by atoms with Crippen LogP contribution >= 0.6 is 23.2 Å². The van der Waals surface area contributed by atoms with Crippen molar-refractivity contribution in [1.29, 1.82) is 0 Å². The molecule has 0 saturated heterocycles. The van der Waals surface area contributed by atoms with Gasteiger partial charge in [0.15, 0.2) is 0 Å². The topological polar surface area (TPSA) is 12.0 Å². The third-order valence-electron chi connectivity index (χ3n) is 3.39. The van der Waals surface area contributed by atoms with Gasteiger partial charge in [0.05, 0.1) is 10.0 Å². The van der Waals surface area contributed by atoms with Gasteiger partial charge in [-0.15, -0.1) is 0 Å². The molecule has 0 radical (unpaired) electrons. The van der Waals surface area contributed by atoms with E-state index >= 15 is 0 Å². The summed E-state index contributed by atoms with van der Waals surface area (Å²) in [7, 11) is 1.87. The molecule has 1 N–H and O–H groups in total. The lowest BCUT2D eigenvalue weighted by atomic mass is 9.95. The zero-order valence-corrected chi connectivity index (χ0v) is 12.9. The zero-order chi connectivity index (χ0) is 14.7. The molecule has 4 heteroatoms. The van der Waals surface area contributed by atoms with E-state index < -0.39 is 0 Å². The van der Waals surface area contributed by atoms with E-state index in [1.54, 1.807) is 18.2 Å². The van der Waals surface area contributed by atoms with E-state index in [4.69, 9.17) is 23.2 Å². The van der Waals surface area contributed by atoms with Crippen molar-refractivity contribution in [2.75, 3.05) is 7.05 Å². The largest absolute Gasteiger partial charge is 0.313 e. The minimum absolute atomic E-state index is 0.0305. The second-order valence-corrected chi connectivity index (χ2v) is 5.61. The van der Waals surface area contributed by atoms with Crippen LogP contribution in [0.3, 0.4) is 0 Å². The van der Waals surface area contributed by atoms with Gasteiger partial charge in [-0.1, -0.05) is 35.3 Å². The summed E-state index contributed by atoms with van der Waals surface area (Å²) in [5.41, 5.74) is 3.08. The van der Waals surface area contributed by atoms with Gasteiger partial charge in [-0.05, 0) is 61.3 Å². The first-order valence-corrected chi connectivity index (χ1v) is 7.14. The Hall–Kier alpha value is -1.09. The van der Waals surface area contributed by atoms with Gasteiger partial charge in [0, 0.05) is 6.04 Å². The normalized spacial score (nSPS) is 12.4. The molecule has 0 heterocycles. The van der Waals surface area contributed by atoms with Crippen molar-refractivity contribution in [3.05, 3.63) is 69.0 Å². The van der Waals surface area contributed by atoms with E-state index in [1.165, 1.54) is 6.07 Å². The summed E-state index contributed by atoms with van der Waals surface area (Å²) in [5.74, 6) is -0.222. The second kappa shape index (κ2) is 6.57. The zero-order valence-electron chi connectivity index (χ0n) is 11.4. The Morgan fingerprint density at radius 2 is 1.85 bits per heavy atom. The van der Waals surface area contributed by atoms with Crippen LogP contribution in [0.2, 0.25) is 10.0 Å². The fourth-order valence-electron chi connectivity index (χ4n) is 2.26. The third kappa shape index (κ3) is 3.51. The number of aryl methyl sites for hydroxylation is 1. The van der Waals surface area contributed by atoms with Crippen LogP contribution in [0.15, 0.2) is 36.4 Å². The van der Waals surface area contributed by atoms with Crippen LogP contribution < -0.4 is 5.32 Å². The minimum Gasteiger partial charge on any atom is -0.313 e. The Kier molecular flexibility index (Phi) is 5.03. The second-order valence-electron chi connectivity index (χ2n) is 4.79. The highest BCUT2D eigenvalue weighted by molar-refractivity contribution is 6.42. The maximum Gasteiger partial charge on any atom is 0.123 e. The maximum atomic E-state index is 13.4. The Labute approximate surface area is 128 Å². The van der Waals surface area contributed by atoms with Gasteiger partial charge in [-0.3, -0.25) is 0 Å². The predicted octanol–water partition coefficient (Wildman–Crippen LogP) is 4.94. The van der Waals surface area contributed by atoms with Crippen molar-refractivity contribution in [1.82, 2.24) is 5.32 Å². The molecule has 0 spiro atoms.